The van der Waals surface area contributed by atoms with Gasteiger partial charge in [-0.3, -0.25) is 4.79 Å². The second-order valence-corrected chi connectivity index (χ2v) is 3.44. The summed E-state index contributed by atoms with van der Waals surface area (Å²) in [6.45, 7) is 1.77. The van der Waals surface area contributed by atoms with Crippen molar-refractivity contribution in [2.45, 2.75) is 6.92 Å². The van der Waals surface area contributed by atoms with Gasteiger partial charge in [0, 0.05) is 11.5 Å². The number of rotatable bonds is 3. The lowest BCUT2D eigenvalue weighted by molar-refractivity contribution is 0.0998. The summed E-state index contributed by atoms with van der Waals surface area (Å²) in [5, 5.41) is 4.63. The van der Waals surface area contributed by atoms with Gasteiger partial charge in [0.1, 0.15) is 5.75 Å². The van der Waals surface area contributed by atoms with E-state index in [1.807, 2.05) is 6.92 Å². The number of carbonyl (C=O) groups excluding carboxylic acids is 1. The van der Waals surface area contributed by atoms with Crippen molar-refractivity contribution in [2.75, 3.05) is 13.7 Å². The summed E-state index contributed by atoms with van der Waals surface area (Å²) in [7, 11) is 1.50. The maximum Gasteiger partial charge on any atom is 0.180 e. The monoisotopic (exact) mass is 220 g/mol. The number of ether oxygens (including phenoxy) is 1. The number of fused-ring (bicyclic) bond motifs is 1. The van der Waals surface area contributed by atoms with Crippen molar-refractivity contribution in [3.63, 3.8) is 0 Å². The molecular weight excluding hydrogens is 208 g/mol. The molecule has 0 atom stereocenters. The lowest BCUT2D eigenvalue weighted by Gasteiger charge is -2.05. The molecule has 5 nitrogen and oxygen atoms in total. The van der Waals surface area contributed by atoms with Crippen LogP contribution in [-0.4, -0.2) is 24.6 Å². The molecule has 0 bridgehead atoms. The zero-order valence-corrected chi connectivity index (χ0v) is 9.11. The molecule has 5 heteroatoms. The maximum absolute atomic E-state index is 11.6. The average Bonchev–Trinajstić information content (AvgIpc) is 2.68. The highest BCUT2D eigenvalue weighted by atomic mass is 16.5. The van der Waals surface area contributed by atoms with Crippen LogP contribution < -0.4 is 10.5 Å². The average molecular weight is 220 g/mol. The number of benzene rings is 1. The first-order chi connectivity index (χ1) is 7.67. The van der Waals surface area contributed by atoms with Crippen molar-refractivity contribution < 1.29 is 14.1 Å². The van der Waals surface area contributed by atoms with Gasteiger partial charge in [-0.15, -0.1) is 0 Å². The number of carbonyl (C=O) groups is 1. The van der Waals surface area contributed by atoms with Crippen molar-refractivity contribution in [3.05, 3.63) is 23.4 Å². The quantitative estimate of drug-likeness (QED) is 0.788. The van der Waals surface area contributed by atoms with Crippen molar-refractivity contribution in [3.8, 4) is 5.75 Å². The first-order valence-electron chi connectivity index (χ1n) is 4.84. The molecule has 0 spiro atoms. The minimum Gasteiger partial charge on any atom is -0.496 e. The first-order valence-corrected chi connectivity index (χ1v) is 4.84. The molecule has 0 radical (unpaired) electrons. The number of hydrogen-bond donors (Lipinski definition) is 1. The normalized spacial score (nSPS) is 10.7. The Balaban J connectivity index is 2.69. The van der Waals surface area contributed by atoms with E-state index in [9.17, 15) is 4.79 Å². The summed E-state index contributed by atoms with van der Waals surface area (Å²) in [4.78, 5) is 11.6. The van der Waals surface area contributed by atoms with Gasteiger partial charge in [0.15, 0.2) is 11.4 Å². The minimum absolute atomic E-state index is 0.0494. The van der Waals surface area contributed by atoms with Crippen LogP contribution in [0.1, 0.15) is 16.1 Å². The van der Waals surface area contributed by atoms with E-state index in [4.69, 9.17) is 15.0 Å². The van der Waals surface area contributed by atoms with Gasteiger partial charge in [0.2, 0.25) is 0 Å². The number of ketones is 1. The van der Waals surface area contributed by atoms with Crippen LogP contribution in [0, 0.1) is 6.92 Å². The summed E-state index contributed by atoms with van der Waals surface area (Å²) in [6.07, 6.45) is 0. The lowest BCUT2D eigenvalue weighted by Crippen LogP contribution is -2.14. The number of nitrogens with zero attached hydrogens (tertiary/aromatic N) is 1. The SMILES string of the molecule is COc1cc2onc(C)c2cc1C(=O)CN. The zero-order chi connectivity index (χ0) is 11.7. The molecule has 0 saturated heterocycles. The molecule has 1 aromatic heterocycles. The third-order valence-electron chi connectivity index (χ3n) is 2.46. The Hall–Kier alpha value is -1.88. The zero-order valence-electron chi connectivity index (χ0n) is 9.11. The first kappa shape index (κ1) is 10.6. The summed E-state index contributed by atoms with van der Waals surface area (Å²) >= 11 is 0. The molecule has 2 N–H and O–H groups in total. The van der Waals surface area contributed by atoms with E-state index >= 15 is 0 Å². The van der Waals surface area contributed by atoms with Crippen LogP contribution in [0.2, 0.25) is 0 Å². The van der Waals surface area contributed by atoms with Crippen LogP contribution >= 0.6 is 0 Å². The van der Waals surface area contributed by atoms with Gasteiger partial charge in [-0.1, -0.05) is 5.16 Å². The number of aryl methyl sites for hydroxylation is 1. The minimum atomic E-state index is -0.167. The van der Waals surface area contributed by atoms with Gasteiger partial charge in [0.25, 0.3) is 0 Å². The fourth-order valence-electron chi connectivity index (χ4n) is 1.58. The Morgan fingerprint density at radius 3 is 2.94 bits per heavy atom. The van der Waals surface area contributed by atoms with E-state index in [1.165, 1.54) is 7.11 Å². The number of methoxy groups -OCH3 is 1. The van der Waals surface area contributed by atoms with Crippen LogP contribution in [0.15, 0.2) is 16.7 Å². The number of aromatic nitrogens is 1. The van der Waals surface area contributed by atoms with Crippen LogP contribution in [0.3, 0.4) is 0 Å². The van der Waals surface area contributed by atoms with E-state index in [0.717, 1.165) is 11.1 Å². The Bertz CT molecular complexity index is 545. The molecule has 0 aliphatic rings. The van der Waals surface area contributed by atoms with Gasteiger partial charge in [-0.25, -0.2) is 0 Å². The van der Waals surface area contributed by atoms with E-state index in [1.54, 1.807) is 12.1 Å². The van der Waals surface area contributed by atoms with E-state index in [-0.39, 0.29) is 12.3 Å². The Labute approximate surface area is 92.2 Å². The molecule has 2 rings (SSSR count). The van der Waals surface area contributed by atoms with Crippen molar-refractivity contribution >= 4 is 16.8 Å². The standard InChI is InChI=1S/C11H12N2O3/c1-6-7-3-8(9(14)5-12)10(15-2)4-11(7)16-13-6/h3-4H,5,12H2,1-2H3. The van der Waals surface area contributed by atoms with Crippen LogP contribution in [-0.2, 0) is 0 Å². The lowest BCUT2D eigenvalue weighted by atomic mass is 10.1. The topological polar surface area (TPSA) is 78.4 Å². The predicted octanol–water partition coefficient (Wildman–Crippen LogP) is 1.29. The highest BCUT2D eigenvalue weighted by Gasteiger charge is 2.15. The van der Waals surface area contributed by atoms with Crippen LogP contribution in [0.5, 0.6) is 5.75 Å². The predicted molar refractivity (Wildman–Crippen MR) is 58.7 cm³/mol. The van der Waals surface area contributed by atoms with Gasteiger partial charge >= 0.3 is 0 Å². The molecule has 0 saturated carbocycles. The van der Waals surface area contributed by atoms with E-state index in [2.05, 4.69) is 5.16 Å². The largest absolute Gasteiger partial charge is 0.496 e. The maximum atomic E-state index is 11.6. The van der Waals surface area contributed by atoms with Gasteiger partial charge in [-0.05, 0) is 13.0 Å². The molecule has 1 heterocycles. The molecule has 0 aliphatic heterocycles. The third kappa shape index (κ3) is 1.55. The van der Waals surface area contributed by atoms with Gasteiger partial charge < -0.3 is 15.0 Å². The van der Waals surface area contributed by atoms with Gasteiger partial charge in [-0.2, -0.15) is 0 Å². The second-order valence-electron chi connectivity index (χ2n) is 3.44. The van der Waals surface area contributed by atoms with E-state index in [0.29, 0.717) is 16.9 Å². The molecule has 0 aliphatic carbocycles. The Kier molecular flexibility index (Phi) is 2.62. The van der Waals surface area contributed by atoms with Crippen LogP contribution in [0.25, 0.3) is 11.0 Å². The van der Waals surface area contributed by atoms with Crippen molar-refractivity contribution in [2.24, 2.45) is 5.73 Å². The molecule has 0 amide bonds. The van der Waals surface area contributed by atoms with Crippen molar-refractivity contribution in [1.29, 1.82) is 0 Å². The molecule has 2 aromatic rings. The smallest absolute Gasteiger partial charge is 0.180 e. The summed E-state index contributed by atoms with van der Waals surface area (Å²) in [5.74, 6) is 0.290. The van der Waals surface area contributed by atoms with E-state index < -0.39 is 0 Å². The second kappa shape index (κ2) is 3.94. The fraction of sp³-hybridized carbons (Fsp3) is 0.273. The summed E-state index contributed by atoms with van der Waals surface area (Å²) < 4.78 is 10.2. The third-order valence-corrected chi connectivity index (χ3v) is 2.46. The highest BCUT2D eigenvalue weighted by Crippen LogP contribution is 2.27. The number of hydrogen-bond acceptors (Lipinski definition) is 5. The molecule has 0 fully saturated rings. The Morgan fingerprint density at radius 2 is 2.31 bits per heavy atom. The van der Waals surface area contributed by atoms with Crippen molar-refractivity contribution in [1.82, 2.24) is 5.16 Å². The number of Topliss-reactive ketones (excluding diaryl/α,β-unsaturated/α-hetero) is 1. The van der Waals surface area contributed by atoms with Crippen LogP contribution in [0.4, 0.5) is 0 Å². The highest BCUT2D eigenvalue weighted by molar-refractivity contribution is 6.03. The molecule has 1 aromatic carbocycles. The number of nitrogens with two attached hydrogens (primary N) is 1. The molecule has 84 valence electrons. The molecule has 0 unspecified atom stereocenters. The Morgan fingerprint density at radius 1 is 1.56 bits per heavy atom. The summed E-state index contributed by atoms with van der Waals surface area (Å²) in [6, 6.07) is 3.35. The van der Waals surface area contributed by atoms with Gasteiger partial charge in [0.05, 0.1) is 24.9 Å². The molecular formula is C11H12N2O3. The summed E-state index contributed by atoms with van der Waals surface area (Å²) in [5.41, 5.74) is 7.14. The molecule has 16 heavy (non-hydrogen) atoms. The fourth-order valence-corrected chi connectivity index (χ4v) is 1.58.